The van der Waals surface area contributed by atoms with E-state index in [1.165, 1.54) is 12.1 Å². The molecule has 2 nitrogen and oxygen atoms in total. The van der Waals surface area contributed by atoms with Gasteiger partial charge in [-0.1, -0.05) is 6.07 Å². The van der Waals surface area contributed by atoms with Crippen LogP contribution in [0.1, 0.15) is 0 Å². The Morgan fingerprint density at radius 1 is 1.29 bits per heavy atom. The Bertz CT molecular complexity index is 300. The lowest BCUT2D eigenvalue weighted by Crippen LogP contribution is -2.37. The van der Waals surface area contributed by atoms with Crippen LogP contribution in [0.5, 0.6) is 0 Å². The molecule has 0 amide bonds. The van der Waals surface area contributed by atoms with Gasteiger partial charge in [0.05, 0.1) is 5.69 Å². The Labute approximate surface area is 87.5 Å². The topological polar surface area (TPSA) is 15.3 Å². The number of hydrogen-bond donors (Lipinski definition) is 1. The molecule has 76 valence electrons. The number of thioether (sulfide) groups is 1. The van der Waals surface area contributed by atoms with Gasteiger partial charge in [-0.05, 0) is 18.2 Å². The molecule has 1 saturated heterocycles. The molecule has 1 heterocycles. The maximum atomic E-state index is 12.9. The summed E-state index contributed by atoms with van der Waals surface area (Å²) >= 11 is 1.96. The highest BCUT2D eigenvalue weighted by Gasteiger charge is 2.09. The molecule has 0 radical (unpaired) electrons. The Morgan fingerprint density at radius 2 is 2.07 bits per heavy atom. The van der Waals surface area contributed by atoms with Crippen LogP contribution in [0.25, 0.3) is 0 Å². The van der Waals surface area contributed by atoms with Crippen molar-refractivity contribution in [1.82, 2.24) is 5.01 Å². The molecule has 0 spiro atoms. The molecule has 2 rings (SSSR count). The van der Waals surface area contributed by atoms with Crippen LogP contribution < -0.4 is 5.43 Å². The summed E-state index contributed by atoms with van der Waals surface area (Å²) < 4.78 is 12.9. The summed E-state index contributed by atoms with van der Waals surface area (Å²) in [7, 11) is 0. The number of benzene rings is 1. The van der Waals surface area contributed by atoms with Crippen LogP contribution >= 0.6 is 11.8 Å². The fraction of sp³-hybridized carbons (Fsp3) is 0.400. The normalized spacial score (nSPS) is 18.1. The van der Waals surface area contributed by atoms with Crippen LogP contribution in [0.15, 0.2) is 24.3 Å². The van der Waals surface area contributed by atoms with Crippen molar-refractivity contribution < 1.29 is 4.39 Å². The van der Waals surface area contributed by atoms with Crippen LogP contribution in [0.3, 0.4) is 0 Å². The summed E-state index contributed by atoms with van der Waals surface area (Å²) in [4.78, 5) is 0. The van der Waals surface area contributed by atoms with E-state index in [0.29, 0.717) is 0 Å². The number of rotatable bonds is 2. The summed E-state index contributed by atoms with van der Waals surface area (Å²) in [5.74, 6) is 2.09. The van der Waals surface area contributed by atoms with Crippen molar-refractivity contribution in [1.29, 1.82) is 0 Å². The minimum absolute atomic E-state index is 0.193. The zero-order valence-electron chi connectivity index (χ0n) is 7.87. The molecule has 1 aromatic carbocycles. The van der Waals surface area contributed by atoms with E-state index in [0.717, 1.165) is 30.3 Å². The average Bonchev–Trinajstić information content (AvgIpc) is 2.19. The van der Waals surface area contributed by atoms with E-state index >= 15 is 0 Å². The number of halogens is 1. The number of nitrogens with zero attached hydrogens (tertiary/aromatic N) is 1. The van der Waals surface area contributed by atoms with Gasteiger partial charge in [-0.3, -0.25) is 0 Å². The minimum Gasteiger partial charge on any atom is -0.319 e. The molecule has 4 heteroatoms. The maximum Gasteiger partial charge on any atom is 0.125 e. The Morgan fingerprint density at radius 3 is 2.79 bits per heavy atom. The Kier molecular flexibility index (Phi) is 3.26. The molecule has 0 bridgehead atoms. The highest BCUT2D eigenvalue weighted by molar-refractivity contribution is 7.99. The summed E-state index contributed by atoms with van der Waals surface area (Å²) in [6.07, 6.45) is 0. The Hall–Kier alpha value is -0.740. The van der Waals surface area contributed by atoms with Crippen LogP contribution in [-0.2, 0) is 0 Å². The van der Waals surface area contributed by atoms with E-state index in [9.17, 15) is 4.39 Å². The summed E-state index contributed by atoms with van der Waals surface area (Å²) in [6.45, 7) is 2.03. The van der Waals surface area contributed by atoms with Gasteiger partial charge in [0.15, 0.2) is 0 Å². The standard InChI is InChI=1S/C10H13FN2S/c11-9-2-1-3-10(8-9)12-13-4-6-14-7-5-13/h1-3,8,12H,4-7H2. The predicted molar refractivity (Wildman–Crippen MR) is 58.9 cm³/mol. The van der Waals surface area contributed by atoms with E-state index in [2.05, 4.69) is 10.4 Å². The molecule has 0 aromatic heterocycles. The van der Waals surface area contributed by atoms with Gasteiger partial charge in [-0.2, -0.15) is 11.8 Å². The van der Waals surface area contributed by atoms with Crippen LogP contribution in [0.2, 0.25) is 0 Å². The molecule has 1 aliphatic heterocycles. The lowest BCUT2D eigenvalue weighted by Gasteiger charge is -2.27. The Balaban J connectivity index is 1.95. The van der Waals surface area contributed by atoms with Crippen molar-refractivity contribution in [3.63, 3.8) is 0 Å². The zero-order chi connectivity index (χ0) is 9.80. The SMILES string of the molecule is Fc1cccc(NN2CCSCC2)c1. The van der Waals surface area contributed by atoms with E-state index < -0.39 is 0 Å². The lowest BCUT2D eigenvalue weighted by molar-refractivity contribution is 0.365. The van der Waals surface area contributed by atoms with Gasteiger partial charge in [0.1, 0.15) is 5.82 Å². The molecule has 0 unspecified atom stereocenters. The largest absolute Gasteiger partial charge is 0.319 e. The monoisotopic (exact) mass is 212 g/mol. The molecular weight excluding hydrogens is 199 g/mol. The molecule has 0 atom stereocenters. The zero-order valence-corrected chi connectivity index (χ0v) is 8.69. The molecule has 0 aliphatic carbocycles. The molecule has 1 aliphatic rings. The molecule has 0 saturated carbocycles. The van der Waals surface area contributed by atoms with E-state index in [1.807, 2.05) is 17.8 Å². The average molecular weight is 212 g/mol. The predicted octanol–water partition coefficient (Wildman–Crippen LogP) is 2.20. The number of hydrogen-bond acceptors (Lipinski definition) is 3. The van der Waals surface area contributed by atoms with Gasteiger partial charge < -0.3 is 5.43 Å². The number of hydrazine groups is 1. The maximum absolute atomic E-state index is 12.9. The summed E-state index contributed by atoms with van der Waals surface area (Å²) in [5, 5.41) is 2.13. The summed E-state index contributed by atoms with van der Waals surface area (Å²) in [6, 6.07) is 6.57. The third-order valence-corrected chi connectivity index (χ3v) is 3.07. The molecule has 1 N–H and O–H groups in total. The van der Waals surface area contributed by atoms with Gasteiger partial charge in [-0.25, -0.2) is 9.40 Å². The fourth-order valence-electron chi connectivity index (χ4n) is 1.42. The first kappa shape index (κ1) is 9.80. The molecule has 1 aromatic rings. The molecular formula is C10H13FN2S. The van der Waals surface area contributed by atoms with Crippen molar-refractivity contribution >= 4 is 17.4 Å². The molecule has 14 heavy (non-hydrogen) atoms. The van der Waals surface area contributed by atoms with Crippen molar-refractivity contribution in [3.05, 3.63) is 30.1 Å². The summed E-state index contributed by atoms with van der Waals surface area (Å²) in [5.41, 5.74) is 4.03. The first-order chi connectivity index (χ1) is 6.84. The van der Waals surface area contributed by atoms with E-state index in [1.54, 1.807) is 6.07 Å². The van der Waals surface area contributed by atoms with Gasteiger partial charge in [0, 0.05) is 24.6 Å². The highest BCUT2D eigenvalue weighted by Crippen LogP contribution is 2.13. The van der Waals surface area contributed by atoms with Gasteiger partial charge in [0.25, 0.3) is 0 Å². The van der Waals surface area contributed by atoms with Gasteiger partial charge in [-0.15, -0.1) is 0 Å². The smallest absolute Gasteiger partial charge is 0.125 e. The third-order valence-electron chi connectivity index (χ3n) is 2.12. The van der Waals surface area contributed by atoms with E-state index in [4.69, 9.17) is 0 Å². The van der Waals surface area contributed by atoms with Crippen LogP contribution in [-0.4, -0.2) is 29.6 Å². The van der Waals surface area contributed by atoms with Crippen molar-refractivity contribution in [2.24, 2.45) is 0 Å². The number of anilines is 1. The van der Waals surface area contributed by atoms with Crippen molar-refractivity contribution in [2.45, 2.75) is 0 Å². The van der Waals surface area contributed by atoms with Crippen LogP contribution in [0.4, 0.5) is 10.1 Å². The second-order valence-electron chi connectivity index (χ2n) is 3.22. The van der Waals surface area contributed by atoms with Crippen molar-refractivity contribution in [3.8, 4) is 0 Å². The fourth-order valence-corrected chi connectivity index (χ4v) is 2.32. The second-order valence-corrected chi connectivity index (χ2v) is 4.45. The van der Waals surface area contributed by atoms with Crippen LogP contribution in [0, 0.1) is 5.82 Å². The third kappa shape index (κ3) is 2.62. The second kappa shape index (κ2) is 4.66. The first-order valence-electron chi connectivity index (χ1n) is 4.69. The van der Waals surface area contributed by atoms with E-state index in [-0.39, 0.29) is 5.82 Å². The van der Waals surface area contributed by atoms with Crippen molar-refractivity contribution in [2.75, 3.05) is 30.0 Å². The first-order valence-corrected chi connectivity index (χ1v) is 5.85. The lowest BCUT2D eigenvalue weighted by atomic mass is 10.3. The van der Waals surface area contributed by atoms with Gasteiger partial charge in [0.2, 0.25) is 0 Å². The minimum atomic E-state index is -0.193. The molecule has 1 fully saturated rings. The van der Waals surface area contributed by atoms with Gasteiger partial charge >= 0.3 is 0 Å². The highest BCUT2D eigenvalue weighted by atomic mass is 32.2. The number of nitrogens with one attached hydrogen (secondary N) is 1. The quantitative estimate of drug-likeness (QED) is 0.809.